The van der Waals surface area contributed by atoms with Crippen molar-refractivity contribution in [2.24, 2.45) is 0 Å². The molecular weight excluding hydrogens is 202 g/mol. The molecule has 0 spiro atoms. The highest BCUT2D eigenvalue weighted by Gasteiger charge is 2.17. The number of nitrogens with zero attached hydrogens (tertiary/aromatic N) is 1. The lowest BCUT2D eigenvalue weighted by molar-refractivity contribution is 0.199. The lowest BCUT2D eigenvalue weighted by Gasteiger charge is -2.29. The standard InChI is InChI=1S/C8H15N3O2S/c1-11-4-2-6(3-5-11)9-7(14)10-8(12)13/h6H,2-5H2,1H3,(H,12,13)(H2,9,10,14). The molecule has 0 unspecified atom stereocenters. The van der Waals surface area contributed by atoms with Gasteiger partial charge in [0.05, 0.1) is 0 Å². The molecule has 0 saturated carbocycles. The van der Waals surface area contributed by atoms with E-state index in [0.717, 1.165) is 25.9 Å². The summed E-state index contributed by atoms with van der Waals surface area (Å²) < 4.78 is 0. The summed E-state index contributed by atoms with van der Waals surface area (Å²) >= 11 is 4.82. The van der Waals surface area contributed by atoms with Crippen LogP contribution in [-0.4, -0.2) is 47.4 Å². The quantitative estimate of drug-likeness (QED) is 0.548. The predicted molar refractivity (Wildman–Crippen MR) is 57.4 cm³/mol. The minimum Gasteiger partial charge on any atom is -0.465 e. The zero-order valence-electron chi connectivity index (χ0n) is 8.12. The summed E-state index contributed by atoms with van der Waals surface area (Å²) in [4.78, 5) is 12.5. The molecule has 5 nitrogen and oxygen atoms in total. The molecule has 0 radical (unpaired) electrons. The lowest BCUT2D eigenvalue weighted by atomic mass is 10.1. The molecule has 1 rings (SSSR count). The van der Waals surface area contributed by atoms with Crippen LogP contribution in [0.25, 0.3) is 0 Å². The van der Waals surface area contributed by atoms with Crippen LogP contribution in [0.4, 0.5) is 4.79 Å². The van der Waals surface area contributed by atoms with Crippen molar-refractivity contribution in [1.82, 2.24) is 15.5 Å². The number of carbonyl (C=O) groups is 1. The number of likely N-dealkylation sites (tertiary alicyclic amines) is 1. The molecule has 1 amide bonds. The Morgan fingerprint density at radius 2 is 2.07 bits per heavy atom. The molecule has 3 N–H and O–H groups in total. The molecule has 1 heterocycles. The topological polar surface area (TPSA) is 64.6 Å². The van der Waals surface area contributed by atoms with Crippen molar-refractivity contribution in [2.75, 3.05) is 20.1 Å². The number of thiocarbonyl (C=S) groups is 1. The molecule has 0 aromatic rings. The highest BCUT2D eigenvalue weighted by Crippen LogP contribution is 2.07. The largest absolute Gasteiger partial charge is 0.465 e. The van der Waals surface area contributed by atoms with Crippen molar-refractivity contribution in [2.45, 2.75) is 18.9 Å². The van der Waals surface area contributed by atoms with Crippen molar-refractivity contribution in [3.05, 3.63) is 0 Å². The van der Waals surface area contributed by atoms with E-state index < -0.39 is 6.09 Å². The van der Waals surface area contributed by atoms with Gasteiger partial charge in [0.2, 0.25) is 0 Å². The first-order valence-electron chi connectivity index (χ1n) is 4.57. The maximum Gasteiger partial charge on any atom is 0.410 e. The number of rotatable bonds is 1. The maximum atomic E-state index is 10.3. The normalized spacial score (nSPS) is 18.9. The van der Waals surface area contributed by atoms with E-state index in [0.29, 0.717) is 6.04 Å². The average molecular weight is 217 g/mol. The highest BCUT2D eigenvalue weighted by atomic mass is 32.1. The Morgan fingerprint density at radius 1 is 1.50 bits per heavy atom. The second-order valence-electron chi connectivity index (χ2n) is 3.48. The van der Waals surface area contributed by atoms with Crippen LogP contribution in [-0.2, 0) is 0 Å². The Morgan fingerprint density at radius 3 is 2.57 bits per heavy atom. The van der Waals surface area contributed by atoms with Gasteiger partial charge in [-0.2, -0.15) is 0 Å². The Kier molecular flexibility index (Phi) is 4.09. The van der Waals surface area contributed by atoms with Crippen LogP contribution in [0.1, 0.15) is 12.8 Å². The van der Waals surface area contributed by atoms with Crippen molar-refractivity contribution in [3.63, 3.8) is 0 Å². The van der Waals surface area contributed by atoms with Crippen LogP contribution >= 0.6 is 12.2 Å². The fourth-order valence-electron chi connectivity index (χ4n) is 1.47. The van der Waals surface area contributed by atoms with Crippen molar-refractivity contribution >= 4 is 23.4 Å². The van der Waals surface area contributed by atoms with E-state index in [2.05, 4.69) is 22.6 Å². The molecule has 1 saturated heterocycles. The summed E-state index contributed by atoms with van der Waals surface area (Å²) in [6.07, 6.45) is 0.881. The van der Waals surface area contributed by atoms with Gasteiger partial charge < -0.3 is 15.3 Å². The van der Waals surface area contributed by atoms with Gasteiger partial charge in [0.1, 0.15) is 0 Å². The number of carboxylic acid groups (broad SMARTS) is 1. The Labute approximate surface area is 88.5 Å². The third-order valence-electron chi connectivity index (χ3n) is 2.27. The Hall–Kier alpha value is -0.880. The molecule has 0 aromatic carbocycles. The Balaban J connectivity index is 2.24. The molecule has 80 valence electrons. The first-order chi connectivity index (χ1) is 6.58. The van der Waals surface area contributed by atoms with Gasteiger partial charge in [0, 0.05) is 6.04 Å². The SMILES string of the molecule is CN1CCC(NC(=S)NC(=O)O)CC1. The molecular formula is C8H15N3O2S. The molecule has 1 fully saturated rings. The van der Waals surface area contributed by atoms with E-state index >= 15 is 0 Å². The number of hydrogen-bond acceptors (Lipinski definition) is 3. The van der Waals surface area contributed by atoms with Gasteiger partial charge in [0.25, 0.3) is 0 Å². The van der Waals surface area contributed by atoms with Crippen LogP contribution in [0.3, 0.4) is 0 Å². The minimum atomic E-state index is -1.12. The second-order valence-corrected chi connectivity index (χ2v) is 3.89. The van der Waals surface area contributed by atoms with Crippen LogP contribution < -0.4 is 10.6 Å². The van der Waals surface area contributed by atoms with E-state index in [1.165, 1.54) is 0 Å². The van der Waals surface area contributed by atoms with Gasteiger partial charge >= 0.3 is 6.09 Å². The lowest BCUT2D eigenvalue weighted by Crippen LogP contribution is -2.48. The molecule has 0 bridgehead atoms. The molecule has 0 aromatic heterocycles. The zero-order valence-corrected chi connectivity index (χ0v) is 8.93. The van der Waals surface area contributed by atoms with Crippen LogP contribution in [0, 0.1) is 0 Å². The van der Waals surface area contributed by atoms with Crippen LogP contribution in [0.5, 0.6) is 0 Å². The molecule has 1 aliphatic rings. The fourth-order valence-corrected chi connectivity index (χ4v) is 1.73. The Bertz CT molecular complexity index is 227. The molecule has 6 heteroatoms. The average Bonchev–Trinajstić information content (AvgIpc) is 2.07. The number of nitrogens with one attached hydrogen (secondary N) is 2. The van der Waals surface area contributed by atoms with Crippen LogP contribution in [0.15, 0.2) is 0 Å². The summed E-state index contributed by atoms with van der Waals surface area (Å²) in [5, 5.41) is 13.7. The van der Waals surface area contributed by atoms with E-state index in [-0.39, 0.29) is 5.11 Å². The summed E-state index contributed by atoms with van der Waals surface area (Å²) in [5.74, 6) is 0. The number of hydrogen-bond donors (Lipinski definition) is 3. The second kappa shape index (κ2) is 5.11. The third kappa shape index (κ3) is 3.89. The van der Waals surface area contributed by atoms with Crippen LogP contribution in [0.2, 0.25) is 0 Å². The number of piperidine rings is 1. The third-order valence-corrected chi connectivity index (χ3v) is 2.49. The van der Waals surface area contributed by atoms with E-state index in [1.54, 1.807) is 0 Å². The van der Waals surface area contributed by atoms with Crippen molar-refractivity contribution < 1.29 is 9.90 Å². The van der Waals surface area contributed by atoms with Gasteiger partial charge in [-0.25, -0.2) is 4.79 Å². The first-order valence-corrected chi connectivity index (χ1v) is 4.97. The molecule has 0 atom stereocenters. The van der Waals surface area contributed by atoms with Crippen molar-refractivity contribution in [3.8, 4) is 0 Å². The summed E-state index contributed by atoms with van der Waals surface area (Å²) in [6, 6.07) is 0.297. The van der Waals surface area contributed by atoms with Crippen molar-refractivity contribution in [1.29, 1.82) is 0 Å². The summed E-state index contributed by atoms with van der Waals surface area (Å²) in [7, 11) is 2.07. The van der Waals surface area contributed by atoms with Gasteiger partial charge in [0.15, 0.2) is 5.11 Å². The molecule has 14 heavy (non-hydrogen) atoms. The van der Waals surface area contributed by atoms with Gasteiger partial charge in [-0.3, -0.25) is 5.32 Å². The maximum absolute atomic E-state index is 10.3. The monoisotopic (exact) mass is 217 g/mol. The van der Waals surface area contributed by atoms with E-state index in [1.807, 2.05) is 0 Å². The minimum absolute atomic E-state index is 0.201. The zero-order chi connectivity index (χ0) is 10.6. The van der Waals surface area contributed by atoms with Gasteiger partial charge in [-0.15, -0.1) is 0 Å². The van der Waals surface area contributed by atoms with Gasteiger partial charge in [-0.1, -0.05) is 0 Å². The highest BCUT2D eigenvalue weighted by molar-refractivity contribution is 7.80. The fraction of sp³-hybridized carbons (Fsp3) is 0.750. The smallest absolute Gasteiger partial charge is 0.410 e. The van der Waals surface area contributed by atoms with E-state index in [9.17, 15) is 4.79 Å². The number of amides is 1. The first kappa shape index (κ1) is 11.2. The van der Waals surface area contributed by atoms with E-state index in [4.69, 9.17) is 17.3 Å². The molecule has 0 aliphatic carbocycles. The predicted octanol–water partition coefficient (Wildman–Crippen LogP) is 0.223. The summed E-state index contributed by atoms with van der Waals surface area (Å²) in [6.45, 7) is 2.04. The summed E-state index contributed by atoms with van der Waals surface area (Å²) in [5.41, 5.74) is 0. The molecule has 1 aliphatic heterocycles. The van der Waals surface area contributed by atoms with Gasteiger partial charge in [-0.05, 0) is 45.2 Å².